The summed E-state index contributed by atoms with van der Waals surface area (Å²) in [5, 5.41) is 19.2. The molecule has 0 aromatic carbocycles. The van der Waals surface area contributed by atoms with Crippen molar-refractivity contribution in [3.8, 4) is 0 Å². The highest BCUT2D eigenvalue weighted by atomic mass is 35.5. The molecule has 0 bridgehead atoms. The van der Waals surface area contributed by atoms with Crippen molar-refractivity contribution in [1.82, 2.24) is 10.8 Å². The van der Waals surface area contributed by atoms with E-state index in [4.69, 9.17) is 71.0 Å². The van der Waals surface area contributed by atoms with Gasteiger partial charge in [0.1, 0.15) is 6.61 Å². The molecule has 0 aromatic heterocycles. The average Bonchev–Trinajstić information content (AvgIpc) is 3.10. The number of amides is 1. The number of ether oxygens (including phenoxy) is 1. The minimum atomic E-state index is -5.80. The van der Waals surface area contributed by atoms with Crippen LogP contribution in [-0.2, 0) is 33.8 Å². The number of hydrogen-bond acceptors (Lipinski definition) is 9. The van der Waals surface area contributed by atoms with E-state index in [9.17, 15) is 41.0 Å². The Balaban J connectivity index is 1.22. The van der Waals surface area contributed by atoms with Gasteiger partial charge in [0.15, 0.2) is 0 Å². The molecule has 0 saturated heterocycles. The van der Waals surface area contributed by atoms with E-state index in [0.717, 1.165) is 0 Å². The summed E-state index contributed by atoms with van der Waals surface area (Å²) in [6.07, 6.45) is -9.52. The molecular weight excluding hydrogens is 824 g/mol. The van der Waals surface area contributed by atoms with E-state index in [-0.39, 0.29) is 80.4 Å². The highest BCUT2D eigenvalue weighted by Crippen LogP contribution is 2.51. The van der Waals surface area contributed by atoms with Gasteiger partial charge in [-0.3, -0.25) is 14.8 Å². The first-order valence-electron chi connectivity index (χ1n) is 18.1. The minimum Gasteiger partial charge on any atom is -0.481 e. The normalized spacial score (nSPS) is 35.8. The third kappa shape index (κ3) is 11.8. The number of hydroxylamine groups is 1. The van der Waals surface area contributed by atoms with Crippen LogP contribution in [0.1, 0.15) is 77.0 Å². The fraction of sp³-hybridized carbons (Fsp3) is 0.939. The second-order valence-electron chi connectivity index (χ2n) is 14.9. The number of aliphatic carboxylic acids is 1. The summed E-state index contributed by atoms with van der Waals surface area (Å²) in [6, 6.07) is -0.685. The second-order valence-corrected chi connectivity index (χ2v) is 17.1. The van der Waals surface area contributed by atoms with Crippen LogP contribution in [0.5, 0.6) is 0 Å². The number of carboxylic acids is 1. The zero-order valence-corrected chi connectivity index (χ0v) is 32.3. The maximum atomic E-state index is 14.2. The van der Waals surface area contributed by atoms with Crippen molar-refractivity contribution in [1.29, 1.82) is 0 Å². The molecule has 21 heteroatoms. The number of carbonyl (C=O) groups is 2. The molecule has 1 amide bonds. The average molecular weight is 873 g/mol. The molecule has 4 saturated carbocycles. The van der Waals surface area contributed by atoms with Gasteiger partial charge in [-0.1, -0.05) is 0 Å². The summed E-state index contributed by atoms with van der Waals surface area (Å²) in [7, 11) is 0. The molecule has 4 aliphatic rings. The number of rotatable bonds is 16. The topological polar surface area (TPSA) is 145 Å². The van der Waals surface area contributed by atoms with Crippen molar-refractivity contribution < 1.29 is 70.5 Å². The Morgan fingerprint density at radius 1 is 0.648 bits per heavy atom. The molecule has 54 heavy (non-hydrogen) atoms. The lowest BCUT2D eigenvalue weighted by Gasteiger charge is -2.39. The van der Waals surface area contributed by atoms with Gasteiger partial charge in [-0.2, -0.15) is 31.8 Å². The van der Waals surface area contributed by atoms with E-state index in [0.29, 0.717) is 38.5 Å². The van der Waals surface area contributed by atoms with Gasteiger partial charge in [0, 0.05) is 45.4 Å². The summed E-state index contributed by atoms with van der Waals surface area (Å²) in [5.74, 6) is -4.63. The Morgan fingerprint density at radius 3 is 1.69 bits per heavy atom. The maximum Gasteiger partial charge on any atom is 0.407 e. The largest absolute Gasteiger partial charge is 0.481 e. The van der Waals surface area contributed by atoms with E-state index < -0.39 is 83.7 Å². The van der Waals surface area contributed by atoms with Crippen molar-refractivity contribution in [2.45, 2.75) is 135 Å². The minimum absolute atomic E-state index is 0.00226. The number of carbonyl (C=O) groups excluding carboxylic acids is 1. The predicted octanol–water partition coefficient (Wildman–Crippen LogP) is 7.38. The molecule has 4 N–H and O–H groups in total. The van der Waals surface area contributed by atoms with Crippen molar-refractivity contribution in [2.24, 2.45) is 29.1 Å². The van der Waals surface area contributed by atoms with Gasteiger partial charge in [-0.15, -0.1) is 46.4 Å². The summed E-state index contributed by atoms with van der Waals surface area (Å²) in [6.45, 7) is -3.45. The Labute approximate surface area is 329 Å². The van der Waals surface area contributed by atoms with E-state index in [1.165, 1.54) is 0 Å². The highest BCUT2D eigenvalue weighted by Gasteiger charge is 2.71. The molecule has 4 fully saturated rings. The zero-order valence-electron chi connectivity index (χ0n) is 29.3. The van der Waals surface area contributed by atoms with E-state index in [2.05, 4.69) is 15.7 Å². The van der Waals surface area contributed by atoms with Crippen molar-refractivity contribution in [3.05, 3.63) is 0 Å². The monoisotopic (exact) mass is 870 g/mol. The molecule has 4 aliphatic carbocycles. The van der Waals surface area contributed by atoms with Crippen LogP contribution in [0.2, 0.25) is 0 Å². The molecule has 11 nitrogen and oxygen atoms in total. The van der Waals surface area contributed by atoms with E-state index in [1.54, 1.807) is 0 Å². The first kappa shape index (κ1) is 46.1. The van der Waals surface area contributed by atoms with Crippen molar-refractivity contribution in [3.63, 3.8) is 0 Å². The number of halogens is 10. The predicted molar refractivity (Wildman–Crippen MR) is 184 cm³/mol. The lowest BCUT2D eigenvalue weighted by molar-refractivity contribution is -0.415. The van der Waals surface area contributed by atoms with Crippen LogP contribution in [-0.4, -0.2) is 107 Å². The second kappa shape index (κ2) is 20.4. The van der Waals surface area contributed by atoms with Gasteiger partial charge in [0.2, 0.25) is 11.3 Å². The molecule has 4 rings (SSSR count). The Bertz CT molecular complexity index is 1180. The first-order valence-corrected chi connectivity index (χ1v) is 19.9. The van der Waals surface area contributed by atoms with Gasteiger partial charge >= 0.3 is 18.3 Å². The van der Waals surface area contributed by atoms with Crippen molar-refractivity contribution >= 4 is 58.3 Å². The third-order valence-corrected chi connectivity index (χ3v) is 13.4. The third-order valence-electron chi connectivity index (χ3n) is 11.3. The molecule has 8 atom stereocenters. The SMILES string of the molecule is O=C(O)C1C(Cl)CCC(Cl)C1C(=O)NC1CCC(OCC(COOC2CCC(NOCC3C(Cl)CCC(Cl)C3COO)CC2)(C(F)(F)F)C(F)(F)F)CC1. The molecule has 0 spiro atoms. The molecule has 314 valence electrons. The number of hydrogen-bond donors (Lipinski definition) is 4. The van der Waals surface area contributed by atoms with Gasteiger partial charge in [-0.05, 0) is 77.0 Å². The summed E-state index contributed by atoms with van der Waals surface area (Å²) in [4.78, 5) is 44.6. The number of nitrogens with one attached hydrogen (secondary N) is 2. The molecule has 0 aromatic rings. The summed E-state index contributed by atoms with van der Waals surface area (Å²) < 4.78 is 90.7. The van der Waals surface area contributed by atoms with Crippen LogP contribution in [0.4, 0.5) is 26.3 Å². The van der Waals surface area contributed by atoms with Gasteiger partial charge in [0.25, 0.3) is 0 Å². The van der Waals surface area contributed by atoms with E-state index in [1.807, 2.05) is 0 Å². The van der Waals surface area contributed by atoms with Crippen LogP contribution in [0.15, 0.2) is 0 Å². The lowest BCUT2D eigenvalue weighted by Crippen LogP contribution is -2.57. The van der Waals surface area contributed by atoms with Crippen LogP contribution >= 0.6 is 46.4 Å². The molecule has 8 unspecified atom stereocenters. The number of alkyl halides is 10. The van der Waals surface area contributed by atoms with Crippen LogP contribution < -0.4 is 10.8 Å². The van der Waals surface area contributed by atoms with Crippen LogP contribution in [0.3, 0.4) is 0 Å². The first-order chi connectivity index (χ1) is 25.4. The fourth-order valence-corrected chi connectivity index (χ4v) is 9.38. The molecule has 0 radical (unpaired) electrons. The summed E-state index contributed by atoms with van der Waals surface area (Å²) >= 11 is 25.3. The van der Waals surface area contributed by atoms with Crippen molar-refractivity contribution in [2.75, 3.05) is 26.4 Å². The molecular formula is C33H48Cl4F6N2O9. The lowest BCUT2D eigenvalue weighted by atomic mass is 9.77. The Hall–Kier alpha value is -0.600. The maximum absolute atomic E-state index is 14.2. The smallest absolute Gasteiger partial charge is 0.407 e. The summed E-state index contributed by atoms with van der Waals surface area (Å²) in [5.41, 5.74) is -1.45. The fourth-order valence-electron chi connectivity index (χ4n) is 7.82. The van der Waals surface area contributed by atoms with E-state index >= 15 is 0 Å². The molecule has 0 aliphatic heterocycles. The van der Waals surface area contributed by atoms with Gasteiger partial charge in [-0.25, -0.2) is 14.7 Å². The standard InChI is InChI=1S/C33H48Cl4F6N2O9/c34-23-9-10-24(35)22(14-52-49)21(23)13-51-45-18-3-7-20(8-4-18)54-53-16-31(32(38,39)40,33(41,42)43)15-50-19-5-1-17(2-6-19)44-29(46)27-25(36)11-12-26(37)28(27)30(47)48/h17-28,45,49H,1-16H2,(H,44,46)(H,47,48). The van der Waals surface area contributed by atoms with Gasteiger partial charge in [0.05, 0.1) is 43.9 Å². The molecule has 0 heterocycles. The van der Waals surface area contributed by atoms with Crippen LogP contribution in [0, 0.1) is 29.1 Å². The van der Waals surface area contributed by atoms with Crippen LogP contribution in [0.25, 0.3) is 0 Å². The zero-order chi connectivity index (χ0) is 39.8. The highest BCUT2D eigenvalue weighted by molar-refractivity contribution is 6.25. The number of carboxylic acid groups (broad SMARTS) is 1. The Kier molecular flexibility index (Phi) is 17.4. The Morgan fingerprint density at radius 2 is 1.15 bits per heavy atom. The quantitative estimate of drug-likeness (QED) is 0.0537. The van der Waals surface area contributed by atoms with Gasteiger partial charge < -0.3 is 20.0 Å².